The molecule has 1 atom stereocenters. The van der Waals surface area contributed by atoms with Crippen molar-refractivity contribution in [2.24, 2.45) is 0 Å². The molecule has 0 aromatic carbocycles. The highest BCUT2D eigenvalue weighted by molar-refractivity contribution is 5.88. The van der Waals surface area contributed by atoms with Crippen molar-refractivity contribution in [3.05, 3.63) is 0 Å². The van der Waals surface area contributed by atoms with Crippen molar-refractivity contribution in [2.45, 2.75) is 58.1 Å². The molecule has 1 aliphatic heterocycles. The number of alkyl carbamates (subject to hydrolysis) is 1. The molecule has 0 unspecified atom stereocenters. The van der Waals surface area contributed by atoms with Gasteiger partial charge >= 0.3 is 18.0 Å². The average molecular weight is 300 g/mol. The Kier molecular flexibility index (Phi) is 6.61. The first kappa shape index (κ1) is 17.4. The normalized spacial score (nSPS) is 18.1. The second-order valence-corrected chi connectivity index (χ2v) is 5.97. The zero-order valence-electron chi connectivity index (χ0n) is 12.9. The molecule has 120 valence electrons. The Labute approximate surface area is 124 Å². The van der Waals surface area contributed by atoms with E-state index in [2.05, 4.69) is 10.6 Å². The SMILES string of the molecule is CC(C)(C)OC(=O)NCCCC(=O)OC(=O)[C@@H]1CCCN1. The van der Waals surface area contributed by atoms with Crippen molar-refractivity contribution in [2.75, 3.05) is 13.1 Å². The summed E-state index contributed by atoms with van der Waals surface area (Å²) >= 11 is 0. The van der Waals surface area contributed by atoms with Crippen LogP contribution in [0.3, 0.4) is 0 Å². The number of amides is 1. The largest absolute Gasteiger partial charge is 0.444 e. The van der Waals surface area contributed by atoms with Crippen LogP contribution in [0.2, 0.25) is 0 Å². The molecule has 0 bridgehead atoms. The maximum Gasteiger partial charge on any atom is 0.407 e. The second-order valence-electron chi connectivity index (χ2n) is 5.97. The van der Waals surface area contributed by atoms with E-state index < -0.39 is 23.6 Å². The molecule has 0 aromatic rings. The van der Waals surface area contributed by atoms with Gasteiger partial charge in [0.05, 0.1) is 0 Å². The number of hydrogen-bond acceptors (Lipinski definition) is 6. The third-order valence-electron chi connectivity index (χ3n) is 2.79. The van der Waals surface area contributed by atoms with Crippen LogP contribution in [-0.4, -0.2) is 42.8 Å². The van der Waals surface area contributed by atoms with E-state index >= 15 is 0 Å². The standard InChI is InChI=1S/C14H24N2O5/c1-14(2,3)21-13(19)16-9-5-7-11(17)20-12(18)10-6-4-8-15-10/h10,15H,4-9H2,1-3H3,(H,16,19)/t10-/m0/s1. The molecule has 1 fully saturated rings. The molecule has 2 N–H and O–H groups in total. The summed E-state index contributed by atoms with van der Waals surface area (Å²) in [5.74, 6) is -1.09. The number of ether oxygens (including phenoxy) is 2. The molecule has 1 amide bonds. The monoisotopic (exact) mass is 300 g/mol. The van der Waals surface area contributed by atoms with Crippen molar-refractivity contribution in [1.29, 1.82) is 0 Å². The van der Waals surface area contributed by atoms with Crippen molar-refractivity contribution in [3.63, 3.8) is 0 Å². The lowest BCUT2D eigenvalue weighted by molar-refractivity contribution is -0.161. The van der Waals surface area contributed by atoms with Crippen LogP contribution in [0, 0.1) is 0 Å². The van der Waals surface area contributed by atoms with Crippen molar-refractivity contribution in [1.82, 2.24) is 10.6 Å². The van der Waals surface area contributed by atoms with E-state index in [1.54, 1.807) is 20.8 Å². The number of carbonyl (C=O) groups is 3. The molecule has 1 rings (SSSR count). The molecule has 1 aliphatic rings. The van der Waals surface area contributed by atoms with E-state index in [-0.39, 0.29) is 12.5 Å². The number of carbonyl (C=O) groups excluding carboxylic acids is 3. The molecule has 0 aliphatic carbocycles. The third kappa shape index (κ3) is 7.65. The first-order valence-corrected chi connectivity index (χ1v) is 7.23. The van der Waals surface area contributed by atoms with Crippen molar-refractivity contribution < 1.29 is 23.9 Å². The second kappa shape index (κ2) is 7.97. The molecule has 7 nitrogen and oxygen atoms in total. The quantitative estimate of drug-likeness (QED) is 0.449. The van der Waals surface area contributed by atoms with Crippen LogP contribution in [-0.2, 0) is 19.1 Å². The minimum Gasteiger partial charge on any atom is -0.444 e. The molecule has 0 radical (unpaired) electrons. The maximum atomic E-state index is 11.6. The summed E-state index contributed by atoms with van der Waals surface area (Å²) in [6.07, 6.45) is 1.56. The summed E-state index contributed by atoms with van der Waals surface area (Å²) < 4.78 is 9.79. The Morgan fingerprint density at radius 1 is 1.29 bits per heavy atom. The van der Waals surface area contributed by atoms with Crippen LogP contribution in [0.15, 0.2) is 0 Å². The van der Waals surface area contributed by atoms with Crippen LogP contribution >= 0.6 is 0 Å². The lowest BCUT2D eigenvalue weighted by Gasteiger charge is -2.19. The molecule has 0 spiro atoms. The van der Waals surface area contributed by atoms with Gasteiger partial charge in [0.15, 0.2) is 0 Å². The molecular formula is C14H24N2O5. The minimum absolute atomic E-state index is 0.0776. The van der Waals surface area contributed by atoms with Gasteiger partial charge in [-0.25, -0.2) is 9.59 Å². The summed E-state index contributed by atoms with van der Waals surface area (Å²) in [6.45, 7) is 6.37. The van der Waals surface area contributed by atoms with Gasteiger partial charge < -0.3 is 20.1 Å². The summed E-state index contributed by atoms with van der Waals surface area (Å²) in [4.78, 5) is 34.4. The molecule has 1 heterocycles. The number of hydrogen-bond donors (Lipinski definition) is 2. The van der Waals surface area contributed by atoms with Gasteiger partial charge in [0.1, 0.15) is 11.6 Å². The number of esters is 2. The highest BCUT2D eigenvalue weighted by Gasteiger charge is 2.25. The molecule has 0 saturated carbocycles. The smallest absolute Gasteiger partial charge is 0.407 e. The predicted octanol–water partition coefficient (Wildman–Crippen LogP) is 1.11. The van der Waals surface area contributed by atoms with Gasteiger partial charge in [0.2, 0.25) is 0 Å². The summed E-state index contributed by atoms with van der Waals surface area (Å²) in [5, 5.41) is 5.50. The van der Waals surface area contributed by atoms with E-state index in [0.29, 0.717) is 19.4 Å². The Balaban J connectivity index is 2.10. The Morgan fingerprint density at radius 2 is 2.00 bits per heavy atom. The maximum absolute atomic E-state index is 11.6. The zero-order valence-corrected chi connectivity index (χ0v) is 12.9. The van der Waals surface area contributed by atoms with Crippen molar-refractivity contribution >= 4 is 18.0 Å². The summed E-state index contributed by atoms with van der Waals surface area (Å²) in [5.41, 5.74) is -0.552. The minimum atomic E-state index is -0.570. The van der Waals surface area contributed by atoms with Gasteiger partial charge in [-0.2, -0.15) is 0 Å². The molecule has 7 heteroatoms. The first-order valence-electron chi connectivity index (χ1n) is 7.23. The van der Waals surface area contributed by atoms with Crippen LogP contribution in [0.25, 0.3) is 0 Å². The van der Waals surface area contributed by atoms with Gasteiger partial charge in [-0.05, 0) is 46.6 Å². The van der Waals surface area contributed by atoms with E-state index in [1.807, 2.05) is 0 Å². The van der Waals surface area contributed by atoms with E-state index in [4.69, 9.17) is 9.47 Å². The fraction of sp³-hybridized carbons (Fsp3) is 0.786. The van der Waals surface area contributed by atoms with Crippen LogP contribution in [0.4, 0.5) is 4.79 Å². The molecular weight excluding hydrogens is 276 g/mol. The topological polar surface area (TPSA) is 93.7 Å². The Hall–Kier alpha value is -1.63. The van der Waals surface area contributed by atoms with Crippen molar-refractivity contribution in [3.8, 4) is 0 Å². The van der Waals surface area contributed by atoms with Gasteiger partial charge in [-0.15, -0.1) is 0 Å². The zero-order chi connectivity index (χ0) is 15.9. The molecule has 1 saturated heterocycles. The Bertz CT molecular complexity index is 383. The first-order chi connectivity index (χ1) is 9.78. The fourth-order valence-corrected chi connectivity index (χ4v) is 1.86. The van der Waals surface area contributed by atoms with Crippen LogP contribution in [0.5, 0.6) is 0 Å². The Morgan fingerprint density at radius 3 is 2.57 bits per heavy atom. The number of nitrogens with one attached hydrogen (secondary N) is 2. The predicted molar refractivity (Wildman–Crippen MR) is 75.6 cm³/mol. The van der Waals surface area contributed by atoms with E-state index in [0.717, 1.165) is 13.0 Å². The van der Waals surface area contributed by atoms with Gasteiger partial charge in [0, 0.05) is 13.0 Å². The fourth-order valence-electron chi connectivity index (χ4n) is 1.86. The van der Waals surface area contributed by atoms with E-state index in [9.17, 15) is 14.4 Å². The lowest BCUT2D eigenvalue weighted by atomic mass is 10.2. The third-order valence-corrected chi connectivity index (χ3v) is 2.79. The van der Waals surface area contributed by atoms with Gasteiger partial charge in [-0.3, -0.25) is 4.79 Å². The van der Waals surface area contributed by atoms with Gasteiger partial charge in [-0.1, -0.05) is 0 Å². The van der Waals surface area contributed by atoms with Crippen LogP contribution in [0.1, 0.15) is 46.5 Å². The van der Waals surface area contributed by atoms with Crippen LogP contribution < -0.4 is 10.6 Å². The highest BCUT2D eigenvalue weighted by Crippen LogP contribution is 2.08. The highest BCUT2D eigenvalue weighted by atomic mass is 16.6. The summed E-state index contributed by atoms with van der Waals surface area (Å²) in [6, 6.07) is -0.367. The lowest BCUT2D eigenvalue weighted by Crippen LogP contribution is -2.34. The molecule has 21 heavy (non-hydrogen) atoms. The molecule has 0 aromatic heterocycles. The summed E-state index contributed by atoms with van der Waals surface area (Å²) in [7, 11) is 0. The number of rotatable bonds is 5. The average Bonchev–Trinajstić information content (AvgIpc) is 2.86. The van der Waals surface area contributed by atoms with Gasteiger partial charge in [0.25, 0.3) is 0 Å². The van der Waals surface area contributed by atoms with E-state index in [1.165, 1.54) is 0 Å².